The van der Waals surface area contributed by atoms with Crippen molar-refractivity contribution in [3.63, 3.8) is 0 Å². The van der Waals surface area contributed by atoms with Gasteiger partial charge in [0.2, 0.25) is 11.8 Å². The number of rotatable bonds is 8. The van der Waals surface area contributed by atoms with Gasteiger partial charge in [-0.1, -0.05) is 59.8 Å². The Morgan fingerprint density at radius 1 is 1.06 bits per heavy atom. The summed E-state index contributed by atoms with van der Waals surface area (Å²) >= 11 is 1.35. The zero-order chi connectivity index (χ0) is 23.0. The van der Waals surface area contributed by atoms with Crippen LogP contribution >= 0.6 is 11.3 Å². The molecule has 0 bridgehead atoms. The number of carbonyl (C=O) groups is 2. The van der Waals surface area contributed by atoms with Gasteiger partial charge in [-0.3, -0.25) is 14.9 Å². The molecule has 0 spiro atoms. The van der Waals surface area contributed by atoms with Crippen molar-refractivity contribution in [1.29, 1.82) is 0 Å². The van der Waals surface area contributed by atoms with Gasteiger partial charge in [0.25, 0.3) is 0 Å². The topological polar surface area (TPSA) is 102 Å². The van der Waals surface area contributed by atoms with Crippen LogP contribution in [0, 0.1) is 0 Å². The van der Waals surface area contributed by atoms with Crippen LogP contribution in [0.5, 0.6) is 0 Å². The third kappa shape index (κ3) is 6.44. The van der Waals surface area contributed by atoms with Crippen molar-refractivity contribution in [3.8, 4) is 11.3 Å². The van der Waals surface area contributed by atoms with Gasteiger partial charge < -0.3 is 5.32 Å². The van der Waals surface area contributed by atoms with Gasteiger partial charge in [-0.25, -0.2) is 9.67 Å². The van der Waals surface area contributed by atoms with E-state index in [0.717, 1.165) is 22.4 Å². The first-order valence-electron chi connectivity index (χ1n) is 10.3. The highest BCUT2D eigenvalue weighted by atomic mass is 32.1. The number of nitrogens with zero attached hydrogens (tertiary/aromatic N) is 4. The van der Waals surface area contributed by atoms with Crippen molar-refractivity contribution in [2.24, 2.45) is 0 Å². The van der Waals surface area contributed by atoms with Crippen molar-refractivity contribution in [2.45, 2.75) is 20.0 Å². The Hall–Kier alpha value is -4.11. The minimum atomic E-state index is -0.292. The van der Waals surface area contributed by atoms with Crippen molar-refractivity contribution in [2.75, 3.05) is 5.32 Å². The summed E-state index contributed by atoms with van der Waals surface area (Å²) in [6, 6.07) is 17.7. The molecule has 166 valence electrons. The fourth-order valence-corrected chi connectivity index (χ4v) is 3.75. The fourth-order valence-electron chi connectivity index (χ4n) is 3.03. The van der Waals surface area contributed by atoms with Gasteiger partial charge >= 0.3 is 0 Å². The van der Waals surface area contributed by atoms with E-state index in [1.54, 1.807) is 17.0 Å². The Labute approximate surface area is 195 Å². The maximum absolute atomic E-state index is 12.3. The molecule has 0 fully saturated rings. The molecule has 2 aromatic carbocycles. The van der Waals surface area contributed by atoms with E-state index < -0.39 is 0 Å². The average Bonchev–Trinajstić information content (AvgIpc) is 3.47. The molecule has 0 atom stereocenters. The van der Waals surface area contributed by atoms with Crippen molar-refractivity contribution in [1.82, 2.24) is 25.3 Å². The number of anilines is 1. The second-order valence-electron chi connectivity index (χ2n) is 7.29. The molecular formula is C24H22N6O2S. The summed E-state index contributed by atoms with van der Waals surface area (Å²) in [5.74, 6) is -0.357. The molecule has 0 saturated carbocycles. The van der Waals surface area contributed by atoms with Crippen LogP contribution in [0.4, 0.5) is 5.13 Å². The lowest BCUT2D eigenvalue weighted by Gasteiger charge is -2.03. The minimum Gasteiger partial charge on any atom is -0.352 e. The van der Waals surface area contributed by atoms with E-state index in [1.807, 2.05) is 60.0 Å². The van der Waals surface area contributed by atoms with Gasteiger partial charge in [0.15, 0.2) is 5.13 Å². The zero-order valence-corrected chi connectivity index (χ0v) is 18.7. The third-order valence-corrected chi connectivity index (χ3v) is 5.43. The molecule has 8 nitrogen and oxygen atoms in total. The third-order valence-electron chi connectivity index (χ3n) is 4.67. The quantitative estimate of drug-likeness (QED) is 0.392. The summed E-state index contributed by atoms with van der Waals surface area (Å²) in [6.45, 7) is 2.59. The summed E-state index contributed by atoms with van der Waals surface area (Å²) in [4.78, 5) is 27.8. The predicted molar refractivity (Wildman–Crippen MR) is 128 cm³/mol. The fraction of sp³-hybridized carbons (Fsp3) is 0.125. The van der Waals surface area contributed by atoms with E-state index in [9.17, 15) is 9.59 Å². The van der Waals surface area contributed by atoms with Crippen LogP contribution in [0.2, 0.25) is 0 Å². The number of carbonyl (C=O) groups excluding carboxylic acids is 2. The van der Waals surface area contributed by atoms with Crippen LogP contribution in [-0.4, -0.2) is 31.8 Å². The van der Waals surface area contributed by atoms with Gasteiger partial charge in [0.05, 0.1) is 18.4 Å². The molecule has 0 aliphatic heterocycles. The monoisotopic (exact) mass is 458 g/mol. The van der Waals surface area contributed by atoms with Crippen LogP contribution in [-0.2, 0) is 22.7 Å². The van der Waals surface area contributed by atoms with E-state index in [0.29, 0.717) is 23.9 Å². The van der Waals surface area contributed by atoms with E-state index in [2.05, 4.69) is 25.9 Å². The van der Waals surface area contributed by atoms with Crippen molar-refractivity contribution in [3.05, 3.63) is 89.1 Å². The lowest BCUT2D eigenvalue weighted by atomic mass is 10.1. The molecule has 2 N–H and O–H groups in total. The van der Waals surface area contributed by atoms with Crippen LogP contribution in [0.1, 0.15) is 23.7 Å². The van der Waals surface area contributed by atoms with Gasteiger partial charge in [0, 0.05) is 30.5 Å². The van der Waals surface area contributed by atoms with Gasteiger partial charge in [-0.2, -0.15) is 0 Å². The standard InChI is InChI=1S/C24H22N6O2S/c1-17(31)25-13-18-7-9-20(10-8-18)22-16-33-24(26-22)27-23(32)12-11-21-15-30(29-28-21)14-19-5-3-2-4-6-19/h2-12,15-16H,13-14H2,1H3,(H,25,31)(H,26,27,32)/b12-11+. The average molecular weight is 459 g/mol. The van der Waals surface area contributed by atoms with E-state index in [-0.39, 0.29) is 11.8 Å². The van der Waals surface area contributed by atoms with Crippen LogP contribution in [0.25, 0.3) is 17.3 Å². The first kappa shape index (κ1) is 22.1. The highest BCUT2D eigenvalue weighted by Gasteiger charge is 2.07. The first-order valence-corrected chi connectivity index (χ1v) is 11.2. The Kier molecular flexibility index (Phi) is 7.01. The largest absolute Gasteiger partial charge is 0.352 e. The number of nitrogens with one attached hydrogen (secondary N) is 2. The molecule has 0 unspecified atom stereocenters. The molecule has 0 aliphatic rings. The second-order valence-corrected chi connectivity index (χ2v) is 8.15. The van der Waals surface area contributed by atoms with Crippen molar-refractivity contribution < 1.29 is 9.59 Å². The van der Waals surface area contributed by atoms with Crippen LogP contribution < -0.4 is 10.6 Å². The van der Waals surface area contributed by atoms with Crippen LogP contribution in [0.3, 0.4) is 0 Å². The van der Waals surface area contributed by atoms with Gasteiger partial charge in [-0.15, -0.1) is 16.4 Å². The Bertz CT molecular complexity index is 1260. The normalized spacial score (nSPS) is 10.9. The van der Waals surface area contributed by atoms with E-state index >= 15 is 0 Å². The number of aromatic nitrogens is 4. The highest BCUT2D eigenvalue weighted by molar-refractivity contribution is 7.14. The molecule has 4 aromatic rings. The smallest absolute Gasteiger partial charge is 0.250 e. The minimum absolute atomic E-state index is 0.0650. The number of amides is 2. The SMILES string of the molecule is CC(=O)NCc1ccc(-c2csc(NC(=O)/C=C/c3cn(Cc4ccccc4)nn3)n2)cc1. The molecule has 2 aromatic heterocycles. The molecule has 4 rings (SSSR count). The molecule has 0 aliphatic carbocycles. The zero-order valence-electron chi connectivity index (χ0n) is 17.9. The lowest BCUT2D eigenvalue weighted by Crippen LogP contribution is -2.18. The molecule has 0 radical (unpaired) electrons. The number of hydrogen-bond acceptors (Lipinski definition) is 6. The number of thiazole rings is 1. The second kappa shape index (κ2) is 10.5. The molecule has 33 heavy (non-hydrogen) atoms. The predicted octanol–water partition coefficient (Wildman–Crippen LogP) is 3.74. The lowest BCUT2D eigenvalue weighted by molar-refractivity contribution is -0.119. The van der Waals surface area contributed by atoms with Crippen molar-refractivity contribution >= 4 is 34.4 Å². The number of benzene rings is 2. The highest BCUT2D eigenvalue weighted by Crippen LogP contribution is 2.25. The first-order chi connectivity index (χ1) is 16.0. The molecule has 2 heterocycles. The maximum atomic E-state index is 12.3. The molecule has 0 saturated heterocycles. The van der Waals surface area contributed by atoms with Gasteiger partial charge in [0.1, 0.15) is 5.69 Å². The Balaban J connectivity index is 1.31. The summed E-state index contributed by atoms with van der Waals surface area (Å²) in [7, 11) is 0. The summed E-state index contributed by atoms with van der Waals surface area (Å²) in [5.41, 5.74) is 4.43. The maximum Gasteiger partial charge on any atom is 0.250 e. The summed E-state index contributed by atoms with van der Waals surface area (Å²) in [6.07, 6.45) is 4.81. The van der Waals surface area contributed by atoms with Crippen LogP contribution in [0.15, 0.2) is 72.3 Å². The van der Waals surface area contributed by atoms with Gasteiger partial charge in [-0.05, 0) is 17.2 Å². The molecule has 2 amide bonds. The number of hydrogen-bond donors (Lipinski definition) is 2. The molecule has 9 heteroatoms. The molecular weight excluding hydrogens is 436 g/mol. The van der Waals surface area contributed by atoms with E-state index in [1.165, 1.54) is 24.3 Å². The van der Waals surface area contributed by atoms with E-state index in [4.69, 9.17) is 0 Å². The Morgan fingerprint density at radius 2 is 1.85 bits per heavy atom. The summed E-state index contributed by atoms with van der Waals surface area (Å²) in [5, 5.41) is 16.1. The Morgan fingerprint density at radius 3 is 2.61 bits per heavy atom. The summed E-state index contributed by atoms with van der Waals surface area (Å²) < 4.78 is 1.72.